The van der Waals surface area contributed by atoms with Crippen LogP contribution in [0.15, 0.2) is 53.2 Å². The van der Waals surface area contributed by atoms with Crippen molar-refractivity contribution in [3.8, 4) is 0 Å². The average molecular weight is 505 g/mol. The summed E-state index contributed by atoms with van der Waals surface area (Å²) >= 11 is 1.35. The second-order valence-corrected chi connectivity index (χ2v) is 12.5. The molecule has 3 saturated carbocycles. The first kappa shape index (κ1) is 23.9. The Kier molecular flexibility index (Phi) is 5.30. The summed E-state index contributed by atoms with van der Waals surface area (Å²) in [6, 6.07) is 7.85. The van der Waals surface area contributed by atoms with Crippen molar-refractivity contribution in [3.63, 3.8) is 0 Å². The summed E-state index contributed by atoms with van der Waals surface area (Å²) in [4.78, 5) is 44.1. The predicted molar refractivity (Wildman–Crippen MR) is 138 cm³/mol. The summed E-state index contributed by atoms with van der Waals surface area (Å²) in [6.07, 6.45) is 8.16. The van der Waals surface area contributed by atoms with Crippen molar-refractivity contribution in [2.45, 2.75) is 56.7 Å². The third-order valence-electron chi connectivity index (χ3n) is 9.95. The van der Waals surface area contributed by atoms with Gasteiger partial charge < -0.3 is 9.67 Å². The Morgan fingerprint density at radius 2 is 2.00 bits per heavy atom. The van der Waals surface area contributed by atoms with Gasteiger partial charge in [-0.25, -0.2) is 4.98 Å². The van der Waals surface area contributed by atoms with E-state index in [9.17, 15) is 19.5 Å². The standard InChI is InChI=1S/C29H32N2O4S/c1-27-12-10-18(32)14-17(27)8-9-19-20-11-13-29(35,28(20,2)15-23(33)25(19)27)24(34)16-36-26-30-21-6-4-5-7-22(21)31(26)3/h4-7,10,12,14,19-20,25,35H,8-9,11,13,15-16H2,1-3H3/t19?,20?,25?,27?,28?,29-/m0/s1. The molecule has 4 aliphatic rings. The van der Waals surface area contributed by atoms with Gasteiger partial charge in [0.2, 0.25) is 0 Å². The van der Waals surface area contributed by atoms with Crippen LogP contribution in [-0.2, 0) is 21.4 Å². The maximum Gasteiger partial charge on any atom is 0.178 e. The molecule has 4 aliphatic carbocycles. The number of para-hydroxylation sites is 2. The number of rotatable bonds is 4. The summed E-state index contributed by atoms with van der Waals surface area (Å²) in [5.74, 6) is 0.0152. The van der Waals surface area contributed by atoms with Gasteiger partial charge in [0, 0.05) is 30.2 Å². The molecule has 7 heteroatoms. The van der Waals surface area contributed by atoms with Crippen molar-refractivity contribution < 1.29 is 19.5 Å². The number of thioether (sulfide) groups is 1. The van der Waals surface area contributed by atoms with Crippen LogP contribution in [0.1, 0.15) is 46.0 Å². The zero-order valence-corrected chi connectivity index (χ0v) is 21.8. The molecule has 0 amide bonds. The molecule has 1 aromatic heterocycles. The Hall–Kier alpha value is -2.51. The minimum atomic E-state index is -1.52. The van der Waals surface area contributed by atoms with E-state index in [0.717, 1.165) is 41.0 Å². The minimum absolute atomic E-state index is 0.00651. The molecule has 0 aliphatic heterocycles. The van der Waals surface area contributed by atoms with Gasteiger partial charge in [0.25, 0.3) is 0 Å². The molecule has 1 aromatic carbocycles. The van der Waals surface area contributed by atoms with Crippen LogP contribution in [0.5, 0.6) is 0 Å². The number of imidazole rings is 1. The van der Waals surface area contributed by atoms with Crippen molar-refractivity contribution in [2.24, 2.45) is 35.6 Å². The topological polar surface area (TPSA) is 89.3 Å². The Balaban J connectivity index is 1.26. The fourth-order valence-corrected chi connectivity index (χ4v) is 8.95. The van der Waals surface area contributed by atoms with Gasteiger partial charge in [-0.3, -0.25) is 14.4 Å². The molecule has 1 heterocycles. The van der Waals surface area contributed by atoms with Gasteiger partial charge in [-0.15, -0.1) is 0 Å². The number of benzene rings is 1. The molecule has 188 valence electrons. The maximum atomic E-state index is 13.8. The lowest BCUT2D eigenvalue weighted by atomic mass is 9.46. The van der Waals surface area contributed by atoms with Gasteiger partial charge in [0.15, 0.2) is 16.7 Å². The number of aliphatic hydroxyl groups is 1. The molecule has 0 saturated heterocycles. The molecular formula is C29H32N2O4S. The highest BCUT2D eigenvalue weighted by Gasteiger charge is 2.68. The first-order valence-corrected chi connectivity index (χ1v) is 13.8. The van der Waals surface area contributed by atoms with Gasteiger partial charge in [-0.2, -0.15) is 0 Å². The van der Waals surface area contributed by atoms with E-state index in [1.807, 2.05) is 48.9 Å². The van der Waals surface area contributed by atoms with Crippen molar-refractivity contribution in [3.05, 3.63) is 48.1 Å². The number of carbonyl (C=O) groups excluding carboxylic acids is 3. The lowest BCUT2D eigenvalue weighted by molar-refractivity contribution is -0.165. The van der Waals surface area contributed by atoms with Crippen LogP contribution in [0.2, 0.25) is 0 Å². The van der Waals surface area contributed by atoms with Crippen LogP contribution >= 0.6 is 11.8 Å². The second-order valence-electron chi connectivity index (χ2n) is 11.6. The van der Waals surface area contributed by atoms with Gasteiger partial charge in [-0.1, -0.05) is 49.4 Å². The summed E-state index contributed by atoms with van der Waals surface area (Å²) in [5, 5.41) is 12.7. The number of nitrogens with zero attached hydrogens (tertiary/aromatic N) is 2. The molecule has 6 rings (SSSR count). The van der Waals surface area contributed by atoms with Crippen LogP contribution < -0.4 is 0 Å². The summed E-state index contributed by atoms with van der Waals surface area (Å²) in [6.45, 7) is 4.04. The fraction of sp³-hybridized carbons (Fsp3) is 0.517. The van der Waals surface area contributed by atoms with Gasteiger partial charge in [0.05, 0.1) is 16.8 Å². The molecule has 1 N–H and O–H groups in total. The summed E-state index contributed by atoms with van der Waals surface area (Å²) in [7, 11) is 1.93. The van der Waals surface area contributed by atoms with Crippen LogP contribution in [0.25, 0.3) is 11.0 Å². The van der Waals surface area contributed by atoms with Crippen LogP contribution in [0.4, 0.5) is 0 Å². The van der Waals surface area contributed by atoms with Gasteiger partial charge in [0.1, 0.15) is 11.4 Å². The molecule has 36 heavy (non-hydrogen) atoms. The predicted octanol–water partition coefficient (Wildman–Crippen LogP) is 4.45. The minimum Gasteiger partial charge on any atom is -0.381 e. The zero-order chi connectivity index (χ0) is 25.5. The van der Waals surface area contributed by atoms with Crippen molar-refractivity contribution >= 4 is 40.1 Å². The number of hydrogen-bond acceptors (Lipinski definition) is 6. The molecule has 6 nitrogen and oxygen atoms in total. The van der Waals surface area contributed by atoms with Crippen molar-refractivity contribution in [1.82, 2.24) is 9.55 Å². The average Bonchev–Trinajstić information content (AvgIpc) is 3.31. The van der Waals surface area contributed by atoms with Crippen molar-refractivity contribution in [2.75, 3.05) is 5.75 Å². The Labute approximate surface area is 215 Å². The van der Waals surface area contributed by atoms with E-state index in [4.69, 9.17) is 0 Å². The normalized spacial score (nSPS) is 37.4. The largest absolute Gasteiger partial charge is 0.381 e. The van der Waals surface area contributed by atoms with Crippen LogP contribution in [-0.4, -0.2) is 43.4 Å². The van der Waals surface area contributed by atoms with E-state index in [1.54, 1.807) is 12.2 Å². The molecule has 0 radical (unpaired) electrons. The number of aryl methyl sites for hydroxylation is 1. The SMILES string of the molecule is Cn1c(SCC(=O)[C@@]2(O)CCC3C4CCC5=CC(=O)C=CC5(C)C4C(=O)CC32C)nc2ccccc21. The highest BCUT2D eigenvalue weighted by atomic mass is 32.2. The van der Waals surface area contributed by atoms with Gasteiger partial charge >= 0.3 is 0 Å². The molecule has 0 bridgehead atoms. The van der Waals surface area contributed by atoms with Gasteiger partial charge in [-0.05, 0) is 61.8 Å². The molecule has 0 spiro atoms. The number of fused-ring (bicyclic) bond motifs is 6. The molecular weight excluding hydrogens is 472 g/mol. The third-order valence-corrected chi connectivity index (χ3v) is 11.0. The number of ketones is 3. The quantitative estimate of drug-likeness (QED) is 0.619. The number of Topliss-reactive ketones (excluding diaryl/α,β-unsaturated/α-hetero) is 2. The lowest BCUT2D eigenvalue weighted by Crippen LogP contribution is -2.60. The zero-order valence-electron chi connectivity index (χ0n) is 21.0. The molecule has 2 aromatic rings. The molecule has 3 fully saturated rings. The Bertz CT molecular complexity index is 1370. The number of allylic oxidation sites excluding steroid dienone is 4. The maximum absolute atomic E-state index is 13.8. The number of carbonyl (C=O) groups is 3. The third kappa shape index (κ3) is 3.14. The fourth-order valence-electron chi connectivity index (χ4n) is 7.99. The first-order valence-electron chi connectivity index (χ1n) is 12.9. The highest BCUT2D eigenvalue weighted by Crippen LogP contribution is 2.66. The van der Waals surface area contributed by atoms with E-state index in [-0.39, 0.29) is 47.3 Å². The highest BCUT2D eigenvalue weighted by molar-refractivity contribution is 7.99. The Morgan fingerprint density at radius 3 is 2.78 bits per heavy atom. The Morgan fingerprint density at radius 1 is 1.22 bits per heavy atom. The molecule has 6 atom stereocenters. The van der Waals surface area contributed by atoms with Crippen molar-refractivity contribution in [1.29, 1.82) is 0 Å². The number of aromatic nitrogens is 2. The monoisotopic (exact) mass is 504 g/mol. The van der Waals surface area contributed by atoms with E-state index in [0.29, 0.717) is 6.42 Å². The first-order chi connectivity index (χ1) is 17.1. The van der Waals surface area contributed by atoms with E-state index >= 15 is 0 Å². The second kappa shape index (κ2) is 7.99. The summed E-state index contributed by atoms with van der Waals surface area (Å²) < 4.78 is 1.97. The lowest BCUT2D eigenvalue weighted by Gasteiger charge is -2.56. The smallest absolute Gasteiger partial charge is 0.178 e. The van der Waals surface area contributed by atoms with Crippen LogP contribution in [0.3, 0.4) is 0 Å². The summed E-state index contributed by atoms with van der Waals surface area (Å²) in [5.41, 5.74) is 0.183. The van der Waals surface area contributed by atoms with E-state index < -0.39 is 16.4 Å². The molecule has 5 unspecified atom stereocenters. The van der Waals surface area contributed by atoms with E-state index in [1.165, 1.54) is 11.8 Å². The number of hydrogen-bond donors (Lipinski definition) is 1. The van der Waals surface area contributed by atoms with Crippen LogP contribution in [0, 0.1) is 28.6 Å². The van der Waals surface area contributed by atoms with E-state index in [2.05, 4.69) is 11.9 Å².